The molecular formula is C18H20BrFN2O3S2. The number of benzene rings is 1. The number of thiophene rings is 1. The van der Waals surface area contributed by atoms with Crippen LogP contribution in [0, 0.1) is 12.7 Å². The van der Waals surface area contributed by atoms with Gasteiger partial charge in [0, 0.05) is 22.4 Å². The molecule has 0 bridgehead atoms. The molecule has 1 aromatic carbocycles. The number of rotatable bonds is 6. The molecule has 9 heteroatoms. The molecule has 1 fully saturated rings. The number of carbonyl (C=O) groups is 1. The molecule has 27 heavy (non-hydrogen) atoms. The summed E-state index contributed by atoms with van der Waals surface area (Å²) in [5.74, 6) is -0.662. The Bertz CT molecular complexity index is 946. The molecule has 1 atom stereocenters. The van der Waals surface area contributed by atoms with E-state index in [4.69, 9.17) is 0 Å². The molecule has 1 aromatic heterocycles. The highest BCUT2D eigenvalue weighted by Gasteiger charge is 2.39. The van der Waals surface area contributed by atoms with Crippen LogP contribution in [-0.4, -0.2) is 37.8 Å². The van der Waals surface area contributed by atoms with Gasteiger partial charge in [0.05, 0.1) is 0 Å². The molecule has 0 spiro atoms. The van der Waals surface area contributed by atoms with Crippen LogP contribution in [0.25, 0.3) is 0 Å². The second-order valence-corrected chi connectivity index (χ2v) is 10.7. The van der Waals surface area contributed by atoms with Crippen LogP contribution in [-0.2, 0) is 21.2 Å². The zero-order chi connectivity index (χ0) is 19.6. The van der Waals surface area contributed by atoms with Crippen molar-refractivity contribution in [2.24, 2.45) is 0 Å². The number of hydrogen-bond acceptors (Lipinski definition) is 4. The monoisotopic (exact) mass is 474 g/mol. The smallest absolute Gasteiger partial charge is 0.253 e. The van der Waals surface area contributed by atoms with Gasteiger partial charge >= 0.3 is 0 Å². The van der Waals surface area contributed by atoms with Crippen molar-refractivity contribution in [3.63, 3.8) is 0 Å². The van der Waals surface area contributed by atoms with Crippen molar-refractivity contribution in [1.82, 2.24) is 9.62 Å². The predicted octanol–water partition coefficient (Wildman–Crippen LogP) is 3.47. The second-order valence-electron chi connectivity index (χ2n) is 6.42. The summed E-state index contributed by atoms with van der Waals surface area (Å²) in [4.78, 5) is 13.5. The predicted molar refractivity (Wildman–Crippen MR) is 107 cm³/mol. The molecule has 2 aromatic rings. The third-order valence-corrected chi connectivity index (χ3v) is 8.36. The molecule has 2 heterocycles. The lowest BCUT2D eigenvalue weighted by atomic mass is 10.1. The zero-order valence-corrected chi connectivity index (χ0v) is 18.0. The van der Waals surface area contributed by atoms with Gasteiger partial charge in [-0.25, -0.2) is 12.8 Å². The maximum absolute atomic E-state index is 13.8. The van der Waals surface area contributed by atoms with Crippen molar-refractivity contribution >= 4 is 43.2 Å². The Morgan fingerprint density at radius 3 is 2.85 bits per heavy atom. The first-order chi connectivity index (χ1) is 12.8. The highest BCUT2D eigenvalue weighted by Crippen LogP contribution is 2.30. The van der Waals surface area contributed by atoms with E-state index in [9.17, 15) is 17.6 Å². The second kappa shape index (κ2) is 8.38. The molecule has 1 N–H and O–H groups in total. The normalized spacial score (nSPS) is 18.0. The van der Waals surface area contributed by atoms with Crippen LogP contribution in [0.4, 0.5) is 4.39 Å². The molecule has 0 radical (unpaired) electrons. The van der Waals surface area contributed by atoms with Gasteiger partial charge in [-0.05, 0) is 62.1 Å². The topological polar surface area (TPSA) is 66.5 Å². The van der Waals surface area contributed by atoms with Crippen molar-refractivity contribution in [2.75, 3.05) is 13.1 Å². The average Bonchev–Trinajstić information content (AvgIpc) is 3.27. The van der Waals surface area contributed by atoms with Gasteiger partial charge in [0.25, 0.3) is 10.0 Å². The fourth-order valence-corrected chi connectivity index (χ4v) is 6.61. The van der Waals surface area contributed by atoms with Crippen LogP contribution >= 0.6 is 27.3 Å². The molecule has 1 saturated heterocycles. The maximum atomic E-state index is 13.8. The summed E-state index contributed by atoms with van der Waals surface area (Å²) in [6.45, 7) is 2.42. The zero-order valence-electron chi connectivity index (χ0n) is 14.7. The summed E-state index contributed by atoms with van der Waals surface area (Å²) in [5.41, 5.74) is 0.495. The quantitative estimate of drug-likeness (QED) is 0.696. The summed E-state index contributed by atoms with van der Waals surface area (Å²) in [5, 5.41) is 2.75. The van der Waals surface area contributed by atoms with Crippen LogP contribution in [0.1, 0.15) is 23.3 Å². The number of nitrogens with one attached hydrogen (secondary N) is 1. The molecule has 0 aliphatic carbocycles. The Morgan fingerprint density at radius 1 is 1.37 bits per heavy atom. The Morgan fingerprint density at radius 2 is 2.15 bits per heavy atom. The Kier molecular flexibility index (Phi) is 6.35. The Hall–Kier alpha value is -1.29. The summed E-state index contributed by atoms with van der Waals surface area (Å²) in [6, 6.07) is 7.28. The van der Waals surface area contributed by atoms with Crippen molar-refractivity contribution in [3.05, 3.63) is 51.1 Å². The molecule has 1 unspecified atom stereocenters. The summed E-state index contributed by atoms with van der Waals surface area (Å²) in [6.07, 6.45) is 1.46. The number of aryl methyl sites for hydroxylation is 1. The molecule has 1 amide bonds. The number of amides is 1. The van der Waals surface area contributed by atoms with Crippen LogP contribution in [0.2, 0.25) is 0 Å². The SMILES string of the molecule is Cc1ccc(S(=O)(=O)N2CCCC2C(=O)NCCc2cc(Br)ccc2F)s1. The highest BCUT2D eigenvalue weighted by atomic mass is 79.9. The van der Waals surface area contributed by atoms with E-state index in [0.29, 0.717) is 31.4 Å². The van der Waals surface area contributed by atoms with Gasteiger partial charge < -0.3 is 5.32 Å². The molecular weight excluding hydrogens is 455 g/mol. The largest absolute Gasteiger partial charge is 0.354 e. The Labute approximate surface area is 170 Å². The van der Waals surface area contributed by atoms with Gasteiger partial charge in [0.2, 0.25) is 5.91 Å². The lowest BCUT2D eigenvalue weighted by molar-refractivity contribution is -0.124. The van der Waals surface area contributed by atoms with E-state index in [1.165, 1.54) is 21.7 Å². The molecule has 1 aliphatic rings. The minimum absolute atomic E-state index is 0.245. The average molecular weight is 475 g/mol. The fourth-order valence-electron chi connectivity index (χ4n) is 3.13. The lowest BCUT2D eigenvalue weighted by Gasteiger charge is -2.22. The number of carbonyl (C=O) groups excluding carboxylic acids is 1. The lowest BCUT2D eigenvalue weighted by Crippen LogP contribution is -2.46. The van der Waals surface area contributed by atoms with Gasteiger partial charge in [0.1, 0.15) is 16.1 Å². The highest BCUT2D eigenvalue weighted by molar-refractivity contribution is 9.10. The summed E-state index contributed by atoms with van der Waals surface area (Å²) in [7, 11) is -3.68. The minimum Gasteiger partial charge on any atom is -0.354 e. The van der Waals surface area contributed by atoms with Crippen molar-refractivity contribution in [2.45, 2.75) is 36.4 Å². The summed E-state index contributed by atoms with van der Waals surface area (Å²) < 4.78 is 41.8. The first-order valence-electron chi connectivity index (χ1n) is 8.59. The van der Waals surface area contributed by atoms with Crippen molar-refractivity contribution in [1.29, 1.82) is 0 Å². The van der Waals surface area contributed by atoms with Crippen LogP contribution in [0.5, 0.6) is 0 Å². The number of sulfonamides is 1. The molecule has 146 valence electrons. The van der Waals surface area contributed by atoms with E-state index in [0.717, 1.165) is 9.35 Å². The van der Waals surface area contributed by atoms with Gasteiger partial charge in [0.15, 0.2) is 0 Å². The number of hydrogen-bond donors (Lipinski definition) is 1. The maximum Gasteiger partial charge on any atom is 0.253 e. The van der Waals surface area contributed by atoms with Gasteiger partial charge in [-0.15, -0.1) is 11.3 Å². The van der Waals surface area contributed by atoms with E-state index in [2.05, 4.69) is 21.2 Å². The first-order valence-corrected chi connectivity index (χ1v) is 11.6. The van der Waals surface area contributed by atoms with Gasteiger partial charge in [-0.1, -0.05) is 15.9 Å². The third-order valence-electron chi connectivity index (χ3n) is 4.49. The van der Waals surface area contributed by atoms with Gasteiger partial charge in [-0.3, -0.25) is 4.79 Å². The molecule has 1 aliphatic heterocycles. The summed E-state index contributed by atoms with van der Waals surface area (Å²) >= 11 is 4.50. The first kappa shape index (κ1) is 20.4. The third kappa shape index (κ3) is 4.59. The van der Waals surface area contributed by atoms with Crippen LogP contribution < -0.4 is 5.32 Å². The molecule has 0 saturated carbocycles. The van der Waals surface area contributed by atoms with E-state index in [1.807, 2.05) is 6.92 Å². The van der Waals surface area contributed by atoms with Crippen LogP contribution in [0.15, 0.2) is 39.0 Å². The Balaban J connectivity index is 1.64. The fraction of sp³-hybridized carbons (Fsp3) is 0.389. The number of halogens is 2. The van der Waals surface area contributed by atoms with Crippen molar-refractivity contribution in [3.8, 4) is 0 Å². The van der Waals surface area contributed by atoms with E-state index < -0.39 is 16.1 Å². The van der Waals surface area contributed by atoms with Crippen LogP contribution in [0.3, 0.4) is 0 Å². The van der Waals surface area contributed by atoms with E-state index >= 15 is 0 Å². The van der Waals surface area contributed by atoms with Gasteiger partial charge in [-0.2, -0.15) is 4.31 Å². The standard InChI is InChI=1S/C18H20BrFN2O3S2/c1-12-4-7-17(26-12)27(24,25)22-10-2-3-16(22)18(23)21-9-8-13-11-14(19)5-6-15(13)20/h4-7,11,16H,2-3,8-10H2,1H3,(H,21,23). The number of nitrogens with zero attached hydrogens (tertiary/aromatic N) is 1. The van der Waals surface area contributed by atoms with E-state index in [-0.39, 0.29) is 22.5 Å². The molecule has 3 rings (SSSR count). The molecule has 5 nitrogen and oxygen atoms in total. The van der Waals surface area contributed by atoms with Crippen molar-refractivity contribution < 1.29 is 17.6 Å². The minimum atomic E-state index is -3.68. The van der Waals surface area contributed by atoms with E-state index in [1.54, 1.807) is 24.3 Å².